The quantitative estimate of drug-likeness (QED) is 0.661. The number of carbonyl (C=O) groups is 1. The summed E-state index contributed by atoms with van der Waals surface area (Å²) in [5, 5.41) is 2.68. The third-order valence-corrected chi connectivity index (χ3v) is 3.16. The predicted octanol–water partition coefficient (Wildman–Crippen LogP) is -0.208. The first-order valence-electron chi connectivity index (χ1n) is 5.34. The molecule has 1 rings (SSSR count). The van der Waals surface area contributed by atoms with Crippen LogP contribution in [0.4, 0.5) is 0 Å². The number of rotatable bonds is 3. The molecule has 3 N–H and O–H groups in total. The van der Waals surface area contributed by atoms with Crippen molar-refractivity contribution >= 4 is 5.91 Å². The van der Waals surface area contributed by atoms with Crippen LogP contribution in [0.3, 0.4) is 0 Å². The lowest BCUT2D eigenvalue weighted by molar-refractivity contribution is -0.125. The molecule has 1 atom stereocenters. The highest BCUT2D eigenvalue weighted by molar-refractivity contribution is 5.80. The lowest BCUT2D eigenvalue weighted by atomic mass is 9.96. The van der Waals surface area contributed by atoms with Gasteiger partial charge in [0.15, 0.2) is 0 Å². The Kier molecular flexibility index (Phi) is 4.35. The number of hydrogen-bond donors (Lipinski definition) is 2. The molecule has 0 spiro atoms. The Bertz CT molecular complexity index is 188. The van der Waals surface area contributed by atoms with Crippen molar-refractivity contribution in [1.82, 2.24) is 10.2 Å². The second-order valence-electron chi connectivity index (χ2n) is 4.01. The molecule has 0 aliphatic carbocycles. The van der Waals surface area contributed by atoms with Crippen molar-refractivity contribution in [3.8, 4) is 0 Å². The van der Waals surface area contributed by atoms with Gasteiger partial charge in [-0.05, 0) is 45.3 Å². The molecule has 1 saturated heterocycles. The number of likely N-dealkylation sites (N-methyl/N-ethyl adjacent to an activating group) is 1. The Morgan fingerprint density at radius 2 is 2.14 bits per heavy atom. The van der Waals surface area contributed by atoms with Gasteiger partial charge in [0.25, 0.3) is 0 Å². The number of hydrogen-bond acceptors (Lipinski definition) is 3. The van der Waals surface area contributed by atoms with E-state index < -0.39 is 0 Å². The zero-order valence-electron chi connectivity index (χ0n) is 9.12. The predicted molar refractivity (Wildman–Crippen MR) is 56.9 cm³/mol. The molecule has 1 unspecified atom stereocenters. The van der Waals surface area contributed by atoms with E-state index in [-0.39, 0.29) is 11.9 Å². The second-order valence-corrected chi connectivity index (χ2v) is 4.01. The van der Waals surface area contributed by atoms with Gasteiger partial charge in [-0.3, -0.25) is 9.69 Å². The van der Waals surface area contributed by atoms with E-state index in [1.807, 2.05) is 6.92 Å². The molecule has 0 radical (unpaired) electrons. The molecule has 4 heteroatoms. The van der Waals surface area contributed by atoms with E-state index in [9.17, 15) is 4.79 Å². The number of piperidine rings is 1. The maximum atomic E-state index is 11.4. The van der Waals surface area contributed by atoms with Crippen LogP contribution in [0, 0.1) is 5.92 Å². The van der Waals surface area contributed by atoms with E-state index in [0.29, 0.717) is 5.92 Å². The second kappa shape index (κ2) is 5.32. The molecule has 82 valence electrons. The van der Waals surface area contributed by atoms with Crippen LogP contribution in [0.25, 0.3) is 0 Å². The Hall–Kier alpha value is -0.610. The summed E-state index contributed by atoms with van der Waals surface area (Å²) in [5.74, 6) is 0.763. The van der Waals surface area contributed by atoms with Crippen LogP contribution in [-0.4, -0.2) is 43.5 Å². The topological polar surface area (TPSA) is 58.4 Å². The molecule has 0 aromatic carbocycles. The molecule has 0 aromatic heterocycles. The summed E-state index contributed by atoms with van der Waals surface area (Å²) in [6.07, 6.45) is 2.25. The highest BCUT2D eigenvalue weighted by Crippen LogP contribution is 2.17. The molecule has 1 fully saturated rings. The average molecular weight is 199 g/mol. The molecule has 1 heterocycles. The maximum absolute atomic E-state index is 11.4. The number of likely N-dealkylation sites (tertiary alicyclic amines) is 1. The first-order chi connectivity index (χ1) is 6.69. The van der Waals surface area contributed by atoms with Gasteiger partial charge in [0.1, 0.15) is 0 Å². The summed E-state index contributed by atoms with van der Waals surface area (Å²) < 4.78 is 0. The smallest absolute Gasteiger partial charge is 0.236 e. The molecule has 4 nitrogen and oxygen atoms in total. The fourth-order valence-corrected chi connectivity index (χ4v) is 1.95. The lowest BCUT2D eigenvalue weighted by Gasteiger charge is -2.34. The van der Waals surface area contributed by atoms with Gasteiger partial charge in [0, 0.05) is 7.05 Å². The average Bonchev–Trinajstić information content (AvgIpc) is 2.27. The van der Waals surface area contributed by atoms with Crippen molar-refractivity contribution in [2.24, 2.45) is 11.7 Å². The number of nitrogens with zero attached hydrogens (tertiary/aromatic N) is 1. The molecule has 0 aromatic rings. The minimum absolute atomic E-state index is 0.00118. The summed E-state index contributed by atoms with van der Waals surface area (Å²) in [5.41, 5.74) is 5.61. The normalized spacial score (nSPS) is 21.9. The van der Waals surface area contributed by atoms with Crippen molar-refractivity contribution in [2.75, 3.05) is 26.7 Å². The minimum Gasteiger partial charge on any atom is -0.358 e. The fraction of sp³-hybridized carbons (Fsp3) is 0.900. The number of nitrogens with two attached hydrogens (primary N) is 1. The van der Waals surface area contributed by atoms with E-state index in [2.05, 4.69) is 10.2 Å². The third kappa shape index (κ3) is 2.69. The van der Waals surface area contributed by atoms with Crippen LogP contribution in [0.1, 0.15) is 19.8 Å². The number of carbonyl (C=O) groups excluding carboxylic acids is 1. The molecule has 0 saturated carbocycles. The Morgan fingerprint density at radius 1 is 1.57 bits per heavy atom. The standard InChI is InChI=1S/C10H21N3O/c1-8(10(14)12-2)13-5-3-9(7-11)4-6-13/h8-9H,3-7,11H2,1-2H3,(H,12,14). The van der Waals surface area contributed by atoms with Gasteiger partial charge in [0.05, 0.1) is 6.04 Å². The van der Waals surface area contributed by atoms with Crippen LogP contribution >= 0.6 is 0 Å². The van der Waals surface area contributed by atoms with Crippen LogP contribution < -0.4 is 11.1 Å². The summed E-state index contributed by atoms with van der Waals surface area (Å²) in [6.45, 7) is 4.73. The van der Waals surface area contributed by atoms with Gasteiger partial charge < -0.3 is 11.1 Å². The molecule has 1 aliphatic rings. The molecule has 1 amide bonds. The van der Waals surface area contributed by atoms with Crippen molar-refractivity contribution in [3.63, 3.8) is 0 Å². The molecule has 14 heavy (non-hydrogen) atoms. The zero-order valence-corrected chi connectivity index (χ0v) is 9.12. The van der Waals surface area contributed by atoms with E-state index in [1.54, 1.807) is 7.05 Å². The van der Waals surface area contributed by atoms with Crippen molar-refractivity contribution in [2.45, 2.75) is 25.8 Å². The summed E-state index contributed by atoms with van der Waals surface area (Å²) in [6, 6.07) is -0.00118. The summed E-state index contributed by atoms with van der Waals surface area (Å²) in [7, 11) is 1.69. The van der Waals surface area contributed by atoms with Crippen LogP contribution in [0.15, 0.2) is 0 Å². The van der Waals surface area contributed by atoms with Gasteiger partial charge in [-0.25, -0.2) is 0 Å². The number of amides is 1. The van der Waals surface area contributed by atoms with E-state index in [0.717, 1.165) is 32.5 Å². The Labute approximate surface area is 85.8 Å². The molecular formula is C10H21N3O. The zero-order chi connectivity index (χ0) is 10.6. The summed E-state index contributed by atoms with van der Waals surface area (Å²) >= 11 is 0. The van der Waals surface area contributed by atoms with E-state index in [1.165, 1.54) is 0 Å². The van der Waals surface area contributed by atoms with Gasteiger partial charge in [-0.1, -0.05) is 0 Å². The van der Waals surface area contributed by atoms with Gasteiger partial charge >= 0.3 is 0 Å². The highest BCUT2D eigenvalue weighted by atomic mass is 16.2. The van der Waals surface area contributed by atoms with E-state index in [4.69, 9.17) is 5.73 Å². The van der Waals surface area contributed by atoms with Crippen LogP contribution in [0.2, 0.25) is 0 Å². The SMILES string of the molecule is CNC(=O)C(C)N1CCC(CN)CC1. The third-order valence-electron chi connectivity index (χ3n) is 3.16. The highest BCUT2D eigenvalue weighted by Gasteiger charge is 2.25. The Balaban J connectivity index is 2.37. The maximum Gasteiger partial charge on any atom is 0.236 e. The molecule has 0 bridgehead atoms. The monoisotopic (exact) mass is 199 g/mol. The number of nitrogens with one attached hydrogen (secondary N) is 1. The van der Waals surface area contributed by atoms with Crippen LogP contribution in [0.5, 0.6) is 0 Å². The fourth-order valence-electron chi connectivity index (χ4n) is 1.95. The molecular weight excluding hydrogens is 178 g/mol. The van der Waals surface area contributed by atoms with Crippen molar-refractivity contribution < 1.29 is 4.79 Å². The van der Waals surface area contributed by atoms with Crippen LogP contribution in [-0.2, 0) is 4.79 Å². The minimum atomic E-state index is -0.00118. The van der Waals surface area contributed by atoms with Gasteiger partial charge in [-0.15, -0.1) is 0 Å². The van der Waals surface area contributed by atoms with Gasteiger partial charge in [0.2, 0.25) is 5.91 Å². The van der Waals surface area contributed by atoms with Gasteiger partial charge in [-0.2, -0.15) is 0 Å². The lowest BCUT2D eigenvalue weighted by Crippen LogP contribution is -2.48. The summed E-state index contributed by atoms with van der Waals surface area (Å²) in [4.78, 5) is 13.6. The first kappa shape index (κ1) is 11.5. The van der Waals surface area contributed by atoms with E-state index >= 15 is 0 Å². The molecule has 1 aliphatic heterocycles. The Morgan fingerprint density at radius 3 is 2.57 bits per heavy atom. The van der Waals surface area contributed by atoms with Crippen molar-refractivity contribution in [1.29, 1.82) is 0 Å². The first-order valence-corrected chi connectivity index (χ1v) is 5.34. The largest absolute Gasteiger partial charge is 0.358 e. The van der Waals surface area contributed by atoms with Crippen molar-refractivity contribution in [3.05, 3.63) is 0 Å².